The Kier molecular flexibility index (Phi) is 4.35. The maximum Gasteiger partial charge on any atom is 0.408 e. The molecule has 1 rings (SSSR count). The lowest BCUT2D eigenvalue weighted by Gasteiger charge is -2.27. The number of amides is 1. The van der Waals surface area contributed by atoms with Gasteiger partial charge in [0, 0.05) is 7.05 Å². The molecule has 1 aromatic heterocycles. The normalized spacial score (nSPS) is 14.1. The third-order valence-electron chi connectivity index (χ3n) is 2.60. The lowest BCUT2D eigenvalue weighted by Crippen LogP contribution is -2.48. The van der Waals surface area contributed by atoms with E-state index in [-0.39, 0.29) is 11.4 Å². The van der Waals surface area contributed by atoms with Crippen LogP contribution in [0.15, 0.2) is 6.20 Å². The van der Waals surface area contributed by atoms with Crippen molar-refractivity contribution in [2.45, 2.75) is 38.8 Å². The second kappa shape index (κ2) is 5.51. The summed E-state index contributed by atoms with van der Waals surface area (Å²) >= 11 is 0. The molecule has 1 amide bonds. The van der Waals surface area contributed by atoms with Crippen molar-refractivity contribution in [2.24, 2.45) is 7.05 Å². The highest BCUT2D eigenvalue weighted by Crippen LogP contribution is 2.28. The Hall–Kier alpha value is -2.45. The van der Waals surface area contributed by atoms with Crippen LogP contribution in [0.4, 0.5) is 10.5 Å². The van der Waals surface area contributed by atoms with Gasteiger partial charge in [0.1, 0.15) is 23.0 Å². The largest absolute Gasteiger partial charge is 0.444 e. The first-order valence-electron chi connectivity index (χ1n) is 6.14. The number of ether oxygens (including phenoxy) is 1. The molecule has 0 radical (unpaired) electrons. The van der Waals surface area contributed by atoms with Gasteiger partial charge in [-0.15, -0.1) is 0 Å². The third-order valence-corrected chi connectivity index (χ3v) is 2.60. The predicted octanol–water partition coefficient (Wildman–Crippen LogP) is 1.27. The van der Waals surface area contributed by atoms with E-state index in [9.17, 15) is 19.7 Å². The molecule has 0 spiro atoms. The van der Waals surface area contributed by atoms with Crippen LogP contribution in [-0.2, 0) is 22.1 Å². The van der Waals surface area contributed by atoms with E-state index in [0.29, 0.717) is 6.29 Å². The van der Waals surface area contributed by atoms with Crippen LogP contribution in [0, 0.1) is 10.1 Å². The molecule has 0 saturated carbocycles. The Morgan fingerprint density at radius 2 is 2.05 bits per heavy atom. The third kappa shape index (κ3) is 3.77. The van der Waals surface area contributed by atoms with Gasteiger partial charge in [0.25, 0.3) is 0 Å². The van der Waals surface area contributed by atoms with Gasteiger partial charge in [-0.25, -0.2) is 4.79 Å². The lowest BCUT2D eigenvalue weighted by molar-refractivity contribution is -0.386. The molecule has 0 aliphatic carbocycles. The SMILES string of the molecule is Cn1ncc([N+](=O)[O-])c1C(C)(C=O)NC(=O)OC(C)(C)C. The van der Waals surface area contributed by atoms with Crippen LogP contribution in [-0.4, -0.2) is 32.7 Å². The van der Waals surface area contributed by atoms with Gasteiger partial charge in [0.15, 0.2) is 6.29 Å². The van der Waals surface area contributed by atoms with Crippen LogP contribution in [0.25, 0.3) is 0 Å². The molecule has 1 heterocycles. The first kappa shape index (κ1) is 16.6. The van der Waals surface area contributed by atoms with Crippen molar-refractivity contribution < 1.29 is 19.2 Å². The van der Waals surface area contributed by atoms with Crippen molar-refractivity contribution >= 4 is 18.1 Å². The average molecular weight is 298 g/mol. The smallest absolute Gasteiger partial charge is 0.408 e. The number of hydrogen-bond donors (Lipinski definition) is 1. The Morgan fingerprint density at radius 1 is 1.48 bits per heavy atom. The van der Waals surface area contributed by atoms with Gasteiger partial charge in [0.2, 0.25) is 0 Å². The number of carbonyl (C=O) groups is 2. The van der Waals surface area contributed by atoms with Gasteiger partial charge in [-0.1, -0.05) is 0 Å². The van der Waals surface area contributed by atoms with Gasteiger partial charge in [-0.05, 0) is 27.7 Å². The monoisotopic (exact) mass is 298 g/mol. The number of rotatable bonds is 4. The second-order valence-electron chi connectivity index (χ2n) is 5.71. The summed E-state index contributed by atoms with van der Waals surface area (Å²) in [4.78, 5) is 33.6. The minimum Gasteiger partial charge on any atom is -0.444 e. The van der Waals surface area contributed by atoms with Crippen molar-refractivity contribution in [1.29, 1.82) is 0 Å². The van der Waals surface area contributed by atoms with Crippen molar-refractivity contribution in [1.82, 2.24) is 15.1 Å². The van der Waals surface area contributed by atoms with Crippen LogP contribution in [0.5, 0.6) is 0 Å². The number of carbonyl (C=O) groups excluding carboxylic acids is 2. The molecule has 0 aliphatic heterocycles. The quantitative estimate of drug-likeness (QED) is 0.508. The van der Waals surface area contributed by atoms with E-state index in [2.05, 4.69) is 10.4 Å². The average Bonchev–Trinajstić information content (AvgIpc) is 2.69. The fraction of sp³-hybridized carbons (Fsp3) is 0.583. The Morgan fingerprint density at radius 3 is 2.48 bits per heavy atom. The first-order valence-corrected chi connectivity index (χ1v) is 6.14. The summed E-state index contributed by atoms with van der Waals surface area (Å²) in [6, 6.07) is 0. The fourth-order valence-corrected chi connectivity index (χ4v) is 1.82. The summed E-state index contributed by atoms with van der Waals surface area (Å²) in [5, 5.41) is 17.1. The number of aryl methyl sites for hydroxylation is 1. The fourth-order valence-electron chi connectivity index (χ4n) is 1.82. The second-order valence-corrected chi connectivity index (χ2v) is 5.71. The molecule has 1 atom stereocenters. The van der Waals surface area contributed by atoms with Crippen molar-refractivity contribution in [2.75, 3.05) is 0 Å². The van der Waals surface area contributed by atoms with Crippen molar-refractivity contribution in [3.05, 3.63) is 22.0 Å². The Balaban J connectivity index is 3.17. The summed E-state index contributed by atoms with van der Waals surface area (Å²) in [6.45, 7) is 6.33. The predicted molar refractivity (Wildman–Crippen MR) is 72.6 cm³/mol. The van der Waals surface area contributed by atoms with Crippen LogP contribution < -0.4 is 5.32 Å². The highest BCUT2D eigenvalue weighted by Gasteiger charge is 2.39. The molecule has 0 aromatic carbocycles. The van der Waals surface area contributed by atoms with Crippen molar-refractivity contribution in [3.63, 3.8) is 0 Å². The lowest BCUT2D eigenvalue weighted by atomic mass is 9.99. The summed E-state index contributed by atoms with van der Waals surface area (Å²) in [6.07, 6.45) is 0.571. The molecule has 0 bridgehead atoms. The maximum absolute atomic E-state index is 11.8. The zero-order valence-corrected chi connectivity index (χ0v) is 12.5. The van der Waals surface area contributed by atoms with Crippen LogP contribution in [0.3, 0.4) is 0 Å². The number of aromatic nitrogens is 2. The van der Waals surface area contributed by atoms with E-state index in [4.69, 9.17) is 4.74 Å². The number of nitrogens with zero attached hydrogens (tertiary/aromatic N) is 3. The zero-order chi connectivity index (χ0) is 16.4. The van der Waals surface area contributed by atoms with E-state index in [1.807, 2.05) is 0 Å². The zero-order valence-electron chi connectivity index (χ0n) is 12.5. The molecule has 1 aromatic rings. The number of nitro groups is 1. The maximum atomic E-state index is 11.8. The molecule has 1 N–H and O–H groups in total. The standard InChI is InChI=1S/C12H18N4O5/c1-11(2,3)21-10(18)14-12(4,7-17)9-8(16(19)20)6-13-15(9)5/h6-7H,1-5H3,(H,14,18). The summed E-state index contributed by atoms with van der Waals surface area (Å²) < 4.78 is 6.24. The minimum absolute atomic E-state index is 0.0339. The van der Waals surface area contributed by atoms with Gasteiger partial charge in [0.05, 0.1) is 4.92 Å². The number of nitrogens with one attached hydrogen (secondary N) is 1. The van der Waals surface area contributed by atoms with E-state index >= 15 is 0 Å². The number of aldehydes is 1. The summed E-state index contributed by atoms with van der Waals surface area (Å²) in [7, 11) is 1.45. The first-order chi connectivity index (χ1) is 9.50. The minimum atomic E-state index is -1.63. The van der Waals surface area contributed by atoms with Gasteiger partial charge < -0.3 is 14.8 Å². The van der Waals surface area contributed by atoms with Gasteiger partial charge in [-0.3, -0.25) is 14.8 Å². The molecular formula is C12H18N4O5. The molecule has 9 heteroatoms. The molecular weight excluding hydrogens is 280 g/mol. The highest BCUT2D eigenvalue weighted by molar-refractivity contribution is 5.78. The Bertz CT molecular complexity index is 575. The van der Waals surface area contributed by atoms with Gasteiger partial charge >= 0.3 is 11.8 Å². The topological polar surface area (TPSA) is 116 Å². The van der Waals surface area contributed by atoms with Crippen LogP contribution >= 0.6 is 0 Å². The molecule has 0 fully saturated rings. The number of alkyl carbamates (subject to hydrolysis) is 1. The van der Waals surface area contributed by atoms with Crippen LogP contribution in [0.1, 0.15) is 33.4 Å². The molecule has 0 saturated heterocycles. The summed E-state index contributed by atoms with van der Waals surface area (Å²) in [5.74, 6) is 0. The Labute approximate surface area is 121 Å². The van der Waals surface area contributed by atoms with E-state index < -0.39 is 22.2 Å². The molecule has 0 aliphatic rings. The van der Waals surface area contributed by atoms with Crippen LogP contribution in [0.2, 0.25) is 0 Å². The molecule has 9 nitrogen and oxygen atoms in total. The highest BCUT2D eigenvalue weighted by atomic mass is 16.6. The van der Waals surface area contributed by atoms with E-state index in [1.165, 1.54) is 18.7 Å². The van der Waals surface area contributed by atoms with Crippen molar-refractivity contribution in [3.8, 4) is 0 Å². The molecule has 21 heavy (non-hydrogen) atoms. The number of hydrogen-bond acceptors (Lipinski definition) is 6. The van der Waals surface area contributed by atoms with E-state index in [1.54, 1.807) is 20.8 Å². The molecule has 1 unspecified atom stereocenters. The van der Waals surface area contributed by atoms with Gasteiger partial charge in [-0.2, -0.15) is 5.10 Å². The summed E-state index contributed by atoms with van der Waals surface area (Å²) in [5.41, 5.74) is -2.78. The molecule has 116 valence electrons. The van der Waals surface area contributed by atoms with E-state index in [0.717, 1.165) is 6.20 Å².